The molecule has 1 N–H and O–H groups in total. The standard InChI is InChI=1S/C18H16FN5O2/c1-10-17-13(11-4-3-5-12(19)8-11)9-15(25)20-18(17)24(23-10)14-6-7-16(26-2)22-21-14/h3-8,13H,9H2,1-2H3,(H,20,25)/t13-/m1/s1. The van der Waals surface area contributed by atoms with Crippen molar-refractivity contribution in [1.82, 2.24) is 20.0 Å². The van der Waals surface area contributed by atoms with Crippen LogP contribution in [0.1, 0.15) is 29.2 Å². The molecule has 1 aliphatic rings. The normalized spacial score (nSPS) is 16.1. The average Bonchev–Trinajstić information content (AvgIpc) is 2.97. The van der Waals surface area contributed by atoms with Gasteiger partial charge in [0.1, 0.15) is 11.6 Å². The third-order valence-electron chi connectivity index (χ3n) is 4.41. The van der Waals surface area contributed by atoms with Gasteiger partial charge in [-0.2, -0.15) is 9.78 Å². The lowest BCUT2D eigenvalue weighted by molar-refractivity contribution is -0.116. The molecule has 132 valence electrons. The van der Waals surface area contributed by atoms with Gasteiger partial charge in [-0.3, -0.25) is 4.79 Å². The number of aromatic nitrogens is 4. The number of amides is 1. The van der Waals surface area contributed by atoms with Crippen molar-refractivity contribution in [3.05, 3.63) is 59.0 Å². The first kappa shape index (κ1) is 16.2. The Morgan fingerprint density at radius 2 is 2.12 bits per heavy atom. The number of fused-ring (bicyclic) bond motifs is 1. The summed E-state index contributed by atoms with van der Waals surface area (Å²) in [7, 11) is 1.51. The second-order valence-corrected chi connectivity index (χ2v) is 6.05. The van der Waals surface area contributed by atoms with Crippen LogP contribution in [0, 0.1) is 12.7 Å². The lowest BCUT2D eigenvalue weighted by atomic mass is 9.86. The molecule has 1 amide bonds. The number of aryl methyl sites for hydroxylation is 1. The van der Waals surface area contributed by atoms with E-state index in [1.807, 2.05) is 13.0 Å². The van der Waals surface area contributed by atoms with Crippen molar-refractivity contribution in [3.8, 4) is 11.7 Å². The highest BCUT2D eigenvalue weighted by molar-refractivity contribution is 5.95. The molecule has 1 aliphatic heterocycles. The number of hydrogen-bond acceptors (Lipinski definition) is 5. The number of ether oxygens (including phenoxy) is 1. The molecular formula is C18H16FN5O2. The first-order valence-electron chi connectivity index (χ1n) is 8.09. The largest absolute Gasteiger partial charge is 0.480 e. The summed E-state index contributed by atoms with van der Waals surface area (Å²) in [4.78, 5) is 12.3. The molecule has 26 heavy (non-hydrogen) atoms. The number of anilines is 1. The molecule has 0 saturated heterocycles. The molecule has 8 heteroatoms. The number of halogens is 1. The Labute approximate surface area is 148 Å². The van der Waals surface area contributed by atoms with Crippen LogP contribution in [0.3, 0.4) is 0 Å². The number of benzene rings is 1. The van der Waals surface area contributed by atoms with Gasteiger partial charge in [-0.15, -0.1) is 10.2 Å². The summed E-state index contributed by atoms with van der Waals surface area (Å²) < 4.78 is 20.2. The van der Waals surface area contributed by atoms with Gasteiger partial charge in [0.15, 0.2) is 5.82 Å². The molecule has 2 aromatic heterocycles. The molecule has 0 saturated carbocycles. The van der Waals surface area contributed by atoms with E-state index in [2.05, 4.69) is 20.6 Å². The number of rotatable bonds is 3. The minimum absolute atomic E-state index is 0.158. The zero-order valence-corrected chi connectivity index (χ0v) is 14.2. The fourth-order valence-electron chi connectivity index (χ4n) is 3.26. The van der Waals surface area contributed by atoms with Crippen molar-refractivity contribution in [2.45, 2.75) is 19.3 Å². The number of carbonyl (C=O) groups is 1. The molecular weight excluding hydrogens is 337 g/mol. The average molecular weight is 353 g/mol. The highest BCUT2D eigenvalue weighted by Gasteiger charge is 2.33. The van der Waals surface area contributed by atoms with E-state index < -0.39 is 0 Å². The third-order valence-corrected chi connectivity index (χ3v) is 4.41. The highest BCUT2D eigenvalue weighted by Crippen LogP contribution is 2.40. The summed E-state index contributed by atoms with van der Waals surface area (Å²) in [6.07, 6.45) is 0.233. The second kappa shape index (κ2) is 6.21. The summed E-state index contributed by atoms with van der Waals surface area (Å²) in [5, 5.41) is 15.4. The van der Waals surface area contributed by atoms with Crippen LogP contribution < -0.4 is 10.1 Å². The molecule has 7 nitrogen and oxygen atoms in total. The van der Waals surface area contributed by atoms with Crippen molar-refractivity contribution in [3.63, 3.8) is 0 Å². The van der Waals surface area contributed by atoms with Gasteiger partial charge in [0, 0.05) is 24.0 Å². The number of hydrogen-bond donors (Lipinski definition) is 1. The Balaban J connectivity index is 1.84. The maximum absolute atomic E-state index is 13.7. The summed E-state index contributed by atoms with van der Waals surface area (Å²) in [6.45, 7) is 1.86. The topological polar surface area (TPSA) is 81.9 Å². The number of nitrogens with one attached hydrogen (secondary N) is 1. The summed E-state index contributed by atoms with van der Waals surface area (Å²) in [6, 6.07) is 9.68. The van der Waals surface area contributed by atoms with Gasteiger partial charge in [-0.25, -0.2) is 4.39 Å². The van der Waals surface area contributed by atoms with Crippen molar-refractivity contribution in [2.75, 3.05) is 12.4 Å². The van der Waals surface area contributed by atoms with Gasteiger partial charge in [0.2, 0.25) is 11.8 Å². The van der Waals surface area contributed by atoms with Crippen LogP contribution >= 0.6 is 0 Å². The van der Waals surface area contributed by atoms with E-state index >= 15 is 0 Å². The molecule has 4 rings (SSSR count). The van der Waals surface area contributed by atoms with Gasteiger partial charge in [-0.05, 0) is 30.7 Å². The zero-order chi connectivity index (χ0) is 18.3. The molecule has 0 aliphatic carbocycles. The Morgan fingerprint density at radius 1 is 1.27 bits per heavy atom. The number of carbonyl (C=O) groups excluding carboxylic acids is 1. The van der Waals surface area contributed by atoms with E-state index in [0.717, 1.165) is 16.8 Å². The van der Waals surface area contributed by atoms with Crippen molar-refractivity contribution in [1.29, 1.82) is 0 Å². The lowest BCUT2D eigenvalue weighted by Crippen LogP contribution is -2.25. The first-order valence-corrected chi connectivity index (χ1v) is 8.09. The number of nitrogens with zero attached hydrogens (tertiary/aromatic N) is 4. The van der Waals surface area contributed by atoms with E-state index in [4.69, 9.17) is 4.74 Å². The first-order chi connectivity index (χ1) is 12.6. The molecule has 3 heterocycles. The Kier molecular flexibility index (Phi) is 3.87. The lowest BCUT2D eigenvalue weighted by Gasteiger charge is -2.24. The Bertz CT molecular complexity index is 984. The molecule has 0 radical (unpaired) electrons. The monoisotopic (exact) mass is 353 g/mol. The van der Waals surface area contributed by atoms with Crippen LogP contribution in [0.4, 0.5) is 10.2 Å². The molecule has 0 unspecified atom stereocenters. The maximum Gasteiger partial charge on any atom is 0.233 e. The smallest absolute Gasteiger partial charge is 0.233 e. The van der Waals surface area contributed by atoms with Gasteiger partial charge in [0.05, 0.1) is 12.8 Å². The summed E-state index contributed by atoms with van der Waals surface area (Å²) >= 11 is 0. The second-order valence-electron chi connectivity index (χ2n) is 6.05. The van der Waals surface area contributed by atoms with Gasteiger partial charge < -0.3 is 10.1 Å². The summed E-state index contributed by atoms with van der Waals surface area (Å²) in [5.74, 6) is 0.612. The predicted molar refractivity (Wildman–Crippen MR) is 91.9 cm³/mol. The Hall–Kier alpha value is -3.29. The predicted octanol–water partition coefficient (Wildman–Crippen LogP) is 2.59. The minimum Gasteiger partial charge on any atom is -0.480 e. The van der Waals surface area contributed by atoms with Crippen molar-refractivity contribution >= 4 is 11.7 Å². The van der Waals surface area contributed by atoms with Gasteiger partial charge in [0.25, 0.3) is 0 Å². The van der Waals surface area contributed by atoms with E-state index in [9.17, 15) is 9.18 Å². The van der Waals surface area contributed by atoms with E-state index in [-0.39, 0.29) is 24.1 Å². The van der Waals surface area contributed by atoms with Crippen LogP contribution in [0.2, 0.25) is 0 Å². The van der Waals surface area contributed by atoms with Crippen molar-refractivity contribution < 1.29 is 13.9 Å². The molecule has 0 fully saturated rings. The van der Waals surface area contributed by atoms with Gasteiger partial charge in [-0.1, -0.05) is 12.1 Å². The molecule has 1 aromatic carbocycles. The van der Waals surface area contributed by atoms with E-state index in [0.29, 0.717) is 17.5 Å². The van der Waals surface area contributed by atoms with Crippen LogP contribution in [-0.4, -0.2) is 33.0 Å². The maximum atomic E-state index is 13.7. The zero-order valence-electron chi connectivity index (χ0n) is 14.2. The van der Waals surface area contributed by atoms with Crippen LogP contribution in [0.5, 0.6) is 5.88 Å². The van der Waals surface area contributed by atoms with Crippen LogP contribution in [0.25, 0.3) is 5.82 Å². The minimum atomic E-state index is -0.332. The molecule has 0 bridgehead atoms. The highest BCUT2D eigenvalue weighted by atomic mass is 19.1. The summed E-state index contributed by atoms with van der Waals surface area (Å²) in [5.41, 5.74) is 2.34. The molecule has 1 atom stereocenters. The van der Waals surface area contributed by atoms with E-state index in [1.54, 1.807) is 22.9 Å². The SMILES string of the molecule is COc1ccc(-n2nc(C)c3c2NC(=O)C[C@@H]3c2cccc(F)c2)nn1. The van der Waals surface area contributed by atoms with E-state index in [1.165, 1.54) is 19.2 Å². The quantitative estimate of drug-likeness (QED) is 0.783. The van der Waals surface area contributed by atoms with Crippen LogP contribution in [-0.2, 0) is 4.79 Å². The fraction of sp³-hybridized carbons (Fsp3) is 0.222. The van der Waals surface area contributed by atoms with Crippen molar-refractivity contribution in [2.24, 2.45) is 0 Å². The fourth-order valence-corrected chi connectivity index (χ4v) is 3.26. The number of methoxy groups -OCH3 is 1. The third kappa shape index (κ3) is 2.69. The molecule has 3 aromatic rings. The van der Waals surface area contributed by atoms with Crippen LogP contribution in [0.15, 0.2) is 36.4 Å². The van der Waals surface area contributed by atoms with Gasteiger partial charge >= 0.3 is 0 Å². The molecule has 0 spiro atoms. The Morgan fingerprint density at radius 3 is 2.81 bits per heavy atom.